The largest absolute Gasteiger partial charge is 0.507 e. The summed E-state index contributed by atoms with van der Waals surface area (Å²) in [4.78, 5) is 0. The summed E-state index contributed by atoms with van der Waals surface area (Å²) in [5.74, 6) is 4.79. The van der Waals surface area contributed by atoms with Gasteiger partial charge in [-0.1, -0.05) is 166 Å². The van der Waals surface area contributed by atoms with E-state index < -0.39 is 0 Å². The quantitative estimate of drug-likeness (QED) is 0.160. The predicted octanol–water partition coefficient (Wildman–Crippen LogP) is 16.0. The minimum absolute atomic E-state index is 0. The molecule has 0 fully saturated rings. The molecule has 0 atom stereocenters. The van der Waals surface area contributed by atoms with Gasteiger partial charge in [0.2, 0.25) is 0 Å². The van der Waals surface area contributed by atoms with Crippen molar-refractivity contribution in [3.8, 4) is 46.0 Å². The van der Waals surface area contributed by atoms with Crippen molar-refractivity contribution in [1.29, 1.82) is 0 Å². The van der Waals surface area contributed by atoms with Crippen LogP contribution in [0, 0.1) is 0 Å². The fraction of sp³-hybridized carbons (Fsp3) is 0.600. The molecular formula is C60H96O8Zr. The molecule has 0 amide bonds. The number of hydrogen-bond acceptors (Lipinski definition) is 8. The zero-order valence-corrected chi connectivity index (χ0v) is 51.0. The van der Waals surface area contributed by atoms with Crippen LogP contribution in [0.3, 0.4) is 0 Å². The molecule has 4 aromatic carbocycles. The molecule has 0 unspecified atom stereocenters. The molecule has 388 valence electrons. The Bertz CT molecular complexity index is 1820. The second-order valence-corrected chi connectivity index (χ2v) is 26.3. The van der Waals surface area contributed by atoms with Gasteiger partial charge in [0.1, 0.15) is 46.0 Å². The van der Waals surface area contributed by atoms with E-state index in [0.717, 1.165) is 67.5 Å². The van der Waals surface area contributed by atoms with Crippen molar-refractivity contribution in [3.05, 3.63) is 93.0 Å². The van der Waals surface area contributed by atoms with E-state index >= 15 is 0 Å². The maximum absolute atomic E-state index is 10.4. The van der Waals surface area contributed by atoms with E-state index in [2.05, 4.69) is 166 Å². The number of methoxy groups -OCH3 is 4. The Morgan fingerprint density at radius 3 is 0.377 bits per heavy atom. The van der Waals surface area contributed by atoms with Crippen LogP contribution in [-0.2, 0) is 69.5 Å². The van der Waals surface area contributed by atoms with E-state index in [1.807, 2.05) is 48.5 Å². The number of phenols is 4. The van der Waals surface area contributed by atoms with Gasteiger partial charge in [-0.2, -0.15) is 0 Å². The molecule has 0 aliphatic heterocycles. The molecule has 0 aliphatic rings. The van der Waals surface area contributed by atoms with E-state index in [4.69, 9.17) is 18.9 Å². The minimum atomic E-state index is -0.0986. The van der Waals surface area contributed by atoms with Crippen molar-refractivity contribution in [2.24, 2.45) is 0 Å². The minimum Gasteiger partial charge on any atom is -0.507 e. The van der Waals surface area contributed by atoms with Crippen LogP contribution in [0.4, 0.5) is 0 Å². The number of ether oxygens (including phenoxy) is 4. The van der Waals surface area contributed by atoms with E-state index in [-0.39, 0.29) is 69.5 Å². The second kappa shape index (κ2) is 23.6. The summed E-state index contributed by atoms with van der Waals surface area (Å²) in [6.45, 7) is 50.2. The smallest absolute Gasteiger partial charge is 0.123 e. The molecule has 69 heavy (non-hydrogen) atoms. The maximum Gasteiger partial charge on any atom is 0.123 e. The normalized spacial score (nSPS) is 12.5. The van der Waals surface area contributed by atoms with Gasteiger partial charge in [-0.3, -0.25) is 0 Å². The molecule has 0 radical (unpaired) electrons. The topological polar surface area (TPSA) is 118 Å². The van der Waals surface area contributed by atoms with Crippen LogP contribution >= 0.6 is 0 Å². The SMILES string of the molecule is COc1cc(C(C)(C)C)c(O)c(C(C)(C)C)c1.COc1cc(C(C)(C)C)c(O)c(C(C)(C)C)c1.COc1cc(C(C)(C)C)c(O)c(C(C)(C)C)c1.COc1cc(C(C)(C)C)c(O)c(C(C)(C)C)c1.[Zr]. The molecule has 0 aliphatic carbocycles. The third-order valence-corrected chi connectivity index (χ3v) is 11.7. The summed E-state index contributed by atoms with van der Waals surface area (Å²) >= 11 is 0. The van der Waals surface area contributed by atoms with Crippen LogP contribution in [0.25, 0.3) is 0 Å². The number of phenolic OH excluding ortho intramolecular Hbond substituents is 4. The molecule has 0 saturated heterocycles. The van der Waals surface area contributed by atoms with Crippen LogP contribution < -0.4 is 18.9 Å². The van der Waals surface area contributed by atoms with Gasteiger partial charge in [-0.05, 0) is 91.9 Å². The summed E-state index contributed by atoms with van der Waals surface area (Å²) in [7, 11) is 6.63. The van der Waals surface area contributed by atoms with Gasteiger partial charge in [-0.15, -0.1) is 0 Å². The second-order valence-electron chi connectivity index (χ2n) is 26.3. The first-order valence-corrected chi connectivity index (χ1v) is 24.0. The average molecular weight is 1040 g/mol. The Morgan fingerprint density at radius 2 is 0.319 bits per heavy atom. The fourth-order valence-electron chi connectivity index (χ4n) is 7.48. The molecule has 0 heterocycles. The molecule has 0 saturated carbocycles. The third-order valence-electron chi connectivity index (χ3n) is 11.7. The van der Waals surface area contributed by atoms with Crippen LogP contribution in [-0.4, -0.2) is 48.9 Å². The molecule has 0 aromatic heterocycles. The van der Waals surface area contributed by atoms with Gasteiger partial charge in [0, 0.05) is 70.7 Å². The Hall–Kier alpha value is -3.84. The van der Waals surface area contributed by atoms with Crippen LogP contribution in [0.5, 0.6) is 46.0 Å². The fourth-order valence-corrected chi connectivity index (χ4v) is 7.48. The van der Waals surface area contributed by atoms with Gasteiger partial charge in [0.05, 0.1) is 28.4 Å². The van der Waals surface area contributed by atoms with Crippen LogP contribution in [0.2, 0.25) is 0 Å². The van der Waals surface area contributed by atoms with Crippen molar-refractivity contribution in [2.45, 2.75) is 209 Å². The molecule has 0 spiro atoms. The summed E-state index contributed by atoms with van der Waals surface area (Å²) < 4.78 is 21.3. The molecule has 4 N–H and O–H groups in total. The van der Waals surface area contributed by atoms with E-state index in [9.17, 15) is 20.4 Å². The molecular weight excluding hydrogens is 940 g/mol. The van der Waals surface area contributed by atoms with Crippen molar-refractivity contribution < 1.29 is 65.6 Å². The number of hydrogen-bond donors (Lipinski definition) is 4. The van der Waals surface area contributed by atoms with Gasteiger partial charge in [-0.25, -0.2) is 0 Å². The van der Waals surface area contributed by atoms with Crippen LogP contribution in [0.1, 0.15) is 211 Å². The maximum atomic E-state index is 10.4. The molecule has 4 rings (SSSR count). The molecule has 9 heteroatoms. The zero-order chi connectivity index (χ0) is 53.7. The predicted molar refractivity (Wildman–Crippen MR) is 288 cm³/mol. The Morgan fingerprint density at radius 1 is 0.232 bits per heavy atom. The Kier molecular flexibility index (Phi) is 22.3. The first-order valence-electron chi connectivity index (χ1n) is 24.0. The number of benzene rings is 4. The summed E-state index contributed by atoms with van der Waals surface area (Å²) in [5.41, 5.74) is 6.67. The third kappa shape index (κ3) is 18.4. The summed E-state index contributed by atoms with van der Waals surface area (Å²) in [6, 6.07) is 15.4. The summed E-state index contributed by atoms with van der Waals surface area (Å²) in [6.07, 6.45) is 0. The standard InChI is InChI=1S/4C15H24O2.Zr/c4*1-14(2,3)11-8-10(17-7)9-12(13(11)16)15(4,5)6;/h4*8-9,16H,1-7H3;. The molecule has 8 nitrogen and oxygen atoms in total. The van der Waals surface area contributed by atoms with E-state index in [1.54, 1.807) is 28.4 Å². The number of aromatic hydroxyl groups is 4. The van der Waals surface area contributed by atoms with Crippen molar-refractivity contribution in [3.63, 3.8) is 0 Å². The van der Waals surface area contributed by atoms with Crippen molar-refractivity contribution >= 4 is 0 Å². The molecule has 0 bridgehead atoms. The first-order chi connectivity index (χ1) is 30.3. The molecule has 4 aromatic rings. The average Bonchev–Trinajstić information content (AvgIpc) is 3.15. The Balaban J connectivity index is 0.000000889. The monoisotopic (exact) mass is 1030 g/mol. The van der Waals surface area contributed by atoms with Crippen molar-refractivity contribution in [2.75, 3.05) is 28.4 Å². The Labute approximate surface area is 440 Å². The number of rotatable bonds is 4. The van der Waals surface area contributed by atoms with Gasteiger partial charge < -0.3 is 39.4 Å². The van der Waals surface area contributed by atoms with E-state index in [0.29, 0.717) is 23.0 Å². The first kappa shape index (κ1) is 65.2. The van der Waals surface area contributed by atoms with E-state index in [1.165, 1.54) is 0 Å². The zero-order valence-electron chi connectivity index (χ0n) is 48.5. The van der Waals surface area contributed by atoms with Gasteiger partial charge in [0.15, 0.2) is 0 Å². The van der Waals surface area contributed by atoms with Gasteiger partial charge in [0.25, 0.3) is 0 Å². The van der Waals surface area contributed by atoms with Gasteiger partial charge >= 0.3 is 0 Å². The van der Waals surface area contributed by atoms with Crippen molar-refractivity contribution in [1.82, 2.24) is 0 Å². The van der Waals surface area contributed by atoms with Crippen LogP contribution in [0.15, 0.2) is 48.5 Å². The summed E-state index contributed by atoms with van der Waals surface area (Å²) in [5, 5.41) is 41.7.